The first-order valence-corrected chi connectivity index (χ1v) is 10.4. The first-order chi connectivity index (χ1) is 15.6. The van der Waals surface area contributed by atoms with Gasteiger partial charge in [-0.2, -0.15) is 0 Å². The molecule has 1 heterocycles. The number of halogens is 1. The summed E-state index contributed by atoms with van der Waals surface area (Å²) in [6, 6.07) is 21.7. The quantitative estimate of drug-likeness (QED) is 0.418. The summed E-state index contributed by atoms with van der Waals surface area (Å²) in [4.78, 5) is 17.4. The molecule has 0 aliphatic rings. The standard InChI is InChI=1S/C24H21ClN4O3/c1-3-32-21-11-7-18(8-12-21)26-24(30)22-27-23(16-5-4-6-17(25)15-16)29(28-22)19-9-13-20(31-2)14-10-19/h4-15H,3H2,1-2H3,(H,26,30). The van der Waals surface area contributed by atoms with Crippen LogP contribution < -0.4 is 14.8 Å². The van der Waals surface area contributed by atoms with Crippen LogP contribution >= 0.6 is 11.6 Å². The molecule has 0 radical (unpaired) electrons. The molecule has 0 saturated carbocycles. The number of methoxy groups -OCH3 is 1. The number of carbonyl (C=O) groups is 1. The highest BCUT2D eigenvalue weighted by molar-refractivity contribution is 6.30. The van der Waals surface area contributed by atoms with Gasteiger partial charge in [-0.25, -0.2) is 9.67 Å². The zero-order valence-corrected chi connectivity index (χ0v) is 18.3. The van der Waals surface area contributed by atoms with Crippen molar-refractivity contribution < 1.29 is 14.3 Å². The second-order valence-corrected chi connectivity index (χ2v) is 7.23. The molecule has 7 nitrogen and oxygen atoms in total. The number of hydrogen-bond acceptors (Lipinski definition) is 5. The van der Waals surface area contributed by atoms with Crippen LogP contribution in [0.3, 0.4) is 0 Å². The van der Waals surface area contributed by atoms with Crippen molar-refractivity contribution in [2.45, 2.75) is 6.92 Å². The number of benzene rings is 3. The van der Waals surface area contributed by atoms with Crippen LogP contribution in [-0.2, 0) is 0 Å². The van der Waals surface area contributed by atoms with Crippen molar-refractivity contribution >= 4 is 23.2 Å². The van der Waals surface area contributed by atoms with Crippen molar-refractivity contribution in [2.24, 2.45) is 0 Å². The van der Waals surface area contributed by atoms with E-state index in [4.69, 9.17) is 21.1 Å². The Morgan fingerprint density at radius 2 is 1.75 bits per heavy atom. The number of amides is 1. The third-order valence-electron chi connectivity index (χ3n) is 4.63. The van der Waals surface area contributed by atoms with Gasteiger partial charge in [0.25, 0.3) is 5.91 Å². The molecule has 1 amide bonds. The van der Waals surface area contributed by atoms with Gasteiger partial charge in [-0.05, 0) is 67.6 Å². The SMILES string of the molecule is CCOc1ccc(NC(=O)c2nc(-c3cccc(Cl)c3)n(-c3ccc(OC)cc3)n2)cc1. The fourth-order valence-corrected chi connectivity index (χ4v) is 3.30. The second kappa shape index (κ2) is 9.53. The molecule has 0 fully saturated rings. The molecule has 32 heavy (non-hydrogen) atoms. The second-order valence-electron chi connectivity index (χ2n) is 6.79. The van der Waals surface area contributed by atoms with Gasteiger partial charge in [-0.15, -0.1) is 5.10 Å². The third kappa shape index (κ3) is 4.73. The van der Waals surface area contributed by atoms with E-state index in [1.54, 1.807) is 48.2 Å². The summed E-state index contributed by atoms with van der Waals surface area (Å²) in [6.45, 7) is 2.49. The van der Waals surface area contributed by atoms with E-state index in [-0.39, 0.29) is 5.82 Å². The van der Waals surface area contributed by atoms with Gasteiger partial charge in [0.1, 0.15) is 11.5 Å². The number of hydrogen-bond donors (Lipinski definition) is 1. The summed E-state index contributed by atoms with van der Waals surface area (Å²) in [7, 11) is 1.60. The first-order valence-electron chi connectivity index (χ1n) is 9.99. The predicted octanol–water partition coefficient (Wildman–Crippen LogP) is 5.25. The average molecular weight is 449 g/mol. The molecule has 1 aromatic heterocycles. The number of nitrogens with zero attached hydrogens (tertiary/aromatic N) is 3. The van der Waals surface area contributed by atoms with E-state index in [2.05, 4.69) is 15.4 Å². The van der Waals surface area contributed by atoms with Gasteiger partial charge >= 0.3 is 0 Å². The van der Waals surface area contributed by atoms with Crippen molar-refractivity contribution in [3.05, 3.63) is 83.6 Å². The predicted molar refractivity (Wildman–Crippen MR) is 124 cm³/mol. The Balaban J connectivity index is 1.68. The molecule has 4 rings (SSSR count). The van der Waals surface area contributed by atoms with Gasteiger partial charge in [-0.1, -0.05) is 23.7 Å². The molecule has 0 unspecified atom stereocenters. The Morgan fingerprint density at radius 3 is 2.41 bits per heavy atom. The highest BCUT2D eigenvalue weighted by Gasteiger charge is 2.19. The van der Waals surface area contributed by atoms with Crippen molar-refractivity contribution in [3.8, 4) is 28.6 Å². The van der Waals surface area contributed by atoms with Crippen molar-refractivity contribution in [3.63, 3.8) is 0 Å². The van der Waals surface area contributed by atoms with Crippen LogP contribution in [0.5, 0.6) is 11.5 Å². The minimum absolute atomic E-state index is 0.0321. The van der Waals surface area contributed by atoms with Crippen LogP contribution in [0, 0.1) is 0 Å². The zero-order chi connectivity index (χ0) is 22.5. The molecular formula is C24H21ClN4O3. The van der Waals surface area contributed by atoms with E-state index >= 15 is 0 Å². The average Bonchev–Trinajstić information content (AvgIpc) is 3.26. The van der Waals surface area contributed by atoms with Gasteiger partial charge in [0.2, 0.25) is 5.82 Å². The maximum atomic E-state index is 12.9. The molecule has 0 aliphatic carbocycles. The molecule has 1 N–H and O–H groups in total. The number of ether oxygens (including phenoxy) is 2. The molecule has 4 aromatic rings. The summed E-state index contributed by atoms with van der Waals surface area (Å²) in [5.41, 5.74) is 2.08. The van der Waals surface area contributed by atoms with Gasteiger partial charge in [0.15, 0.2) is 5.82 Å². The number of anilines is 1. The Hall–Kier alpha value is -3.84. The molecule has 0 atom stereocenters. The van der Waals surface area contributed by atoms with Gasteiger partial charge < -0.3 is 14.8 Å². The Labute approximate surface area is 190 Å². The Bertz CT molecular complexity index is 1220. The van der Waals surface area contributed by atoms with Gasteiger partial charge in [0, 0.05) is 16.3 Å². The van der Waals surface area contributed by atoms with Crippen LogP contribution in [-0.4, -0.2) is 34.4 Å². The normalized spacial score (nSPS) is 10.6. The molecule has 3 aromatic carbocycles. The lowest BCUT2D eigenvalue weighted by Crippen LogP contribution is -2.14. The summed E-state index contributed by atoms with van der Waals surface area (Å²) >= 11 is 6.18. The van der Waals surface area contributed by atoms with E-state index in [1.807, 2.05) is 43.3 Å². The summed E-state index contributed by atoms with van der Waals surface area (Å²) in [6.07, 6.45) is 0. The number of carbonyl (C=O) groups excluding carboxylic acids is 1. The Kier molecular flexibility index (Phi) is 6.37. The number of rotatable bonds is 7. The minimum Gasteiger partial charge on any atom is -0.497 e. The summed E-state index contributed by atoms with van der Waals surface area (Å²) in [5.74, 6) is 1.55. The minimum atomic E-state index is -0.426. The van der Waals surface area contributed by atoms with E-state index in [9.17, 15) is 4.79 Å². The van der Waals surface area contributed by atoms with E-state index < -0.39 is 5.91 Å². The van der Waals surface area contributed by atoms with E-state index in [0.29, 0.717) is 28.9 Å². The molecule has 0 saturated heterocycles. The van der Waals surface area contributed by atoms with Crippen molar-refractivity contribution in [1.29, 1.82) is 0 Å². The van der Waals surface area contributed by atoms with Gasteiger partial charge in [-0.3, -0.25) is 4.79 Å². The lowest BCUT2D eigenvalue weighted by molar-refractivity contribution is 0.101. The maximum absolute atomic E-state index is 12.9. The number of aromatic nitrogens is 3. The first kappa shape index (κ1) is 21.4. The van der Waals surface area contributed by atoms with Crippen LogP contribution in [0.2, 0.25) is 5.02 Å². The van der Waals surface area contributed by atoms with E-state index in [0.717, 1.165) is 17.0 Å². The summed E-state index contributed by atoms with van der Waals surface area (Å²) < 4.78 is 12.3. The lowest BCUT2D eigenvalue weighted by Gasteiger charge is -2.07. The zero-order valence-electron chi connectivity index (χ0n) is 17.6. The Morgan fingerprint density at radius 1 is 1.03 bits per heavy atom. The monoisotopic (exact) mass is 448 g/mol. The van der Waals surface area contributed by atoms with E-state index in [1.165, 1.54) is 0 Å². The fourth-order valence-electron chi connectivity index (χ4n) is 3.11. The third-order valence-corrected chi connectivity index (χ3v) is 4.87. The van der Waals surface area contributed by atoms with Gasteiger partial charge in [0.05, 0.1) is 19.4 Å². The summed E-state index contributed by atoms with van der Waals surface area (Å²) in [5, 5.41) is 7.85. The van der Waals surface area contributed by atoms with Crippen LogP contribution in [0.15, 0.2) is 72.8 Å². The molecule has 0 aliphatic heterocycles. The molecule has 0 spiro atoms. The number of nitrogens with one attached hydrogen (secondary N) is 1. The topological polar surface area (TPSA) is 78.3 Å². The molecule has 8 heteroatoms. The molecule has 162 valence electrons. The highest BCUT2D eigenvalue weighted by Crippen LogP contribution is 2.25. The van der Waals surface area contributed by atoms with Crippen molar-refractivity contribution in [1.82, 2.24) is 14.8 Å². The fraction of sp³-hybridized carbons (Fsp3) is 0.125. The van der Waals surface area contributed by atoms with Crippen LogP contribution in [0.4, 0.5) is 5.69 Å². The largest absolute Gasteiger partial charge is 0.497 e. The smallest absolute Gasteiger partial charge is 0.295 e. The highest BCUT2D eigenvalue weighted by atomic mass is 35.5. The maximum Gasteiger partial charge on any atom is 0.295 e. The van der Waals surface area contributed by atoms with Crippen LogP contribution in [0.25, 0.3) is 17.1 Å². The molecular weight excluding hydrogens is 428 g/mol. The van der Waals surface area contributed by atoms with Crippen LogP contribution in [0.1, 0.15) is 17.5 Å². The lowest BCUT2D eigenvalue weighted by atomic mass is 10.2. The molecule has 0 bridgehead atoms. The van der Waals surface area contributed by atoms with Crippen molar-refractivity contribution in [2.75, 3.05) is 19.0 Å².